The molecule has 0 amide bonds. The fourth-order valence-corrected chi connectivity index (χ4v) is 2.05. The van der Waals surface area contributed by atoms with Crippen molar-refractivity contribution in [2.24, 2.45) is 0 Å². The van der Waals surface area contributed by atoms with Gasteiger partial charge in [0, 0.05) is 10.4 Å². The van der Waals surface area contributed by atoms with Crippen LogP contribution in [-0.4, -0.2) is 14.8 Å². The van der Waals surface area contributed by atoms with Crippen LogP contribution in [0.2, 0.25) is 0 Å². The summed E-state index contributed by atoms with van der Waals surface area (Å²) in [4.78, 5) is 4.43. The van der Waals surface area contributed by atoms with Crippen molar-refractivity contribution >= 4 is 11.8 Å². The first kappa shape index (κ1) is 11.5. The van der Waals surface area contributed by atoms with Gasteiger partial charge >= 0.3 is 0 Å². The van der Waals surface area contributed by atoms with Gasteiger partial charge in [-0.1, -0.05) is 26.8 Å². The zero-order chi connectivity index (χ0) is 10.8. The molecular weight excluding hydrogens is 194 g/mol. The number of hydrogen-bond acceptors (Lipinski definition) is 3. The lowest BCUT2D eigenvalue weighted by Gasteiger charge is -2.17. The summed E-state index contributed by atoms with van der Waals surface area (Å²) in [5.74, 6) is 0. The molecular formula is C11H17NOS. The van der Waals surface area contributed by atoms with Crippen LogP contribution in [0.4, 0.5) is 0 Å². The summed E-state index contributed by atoms with van der Waals surface area (Å²) in [6.45, 7) is 8.48. The quantitative estimate of drug-likeness (QED) is 0.764. The Morgan fingerprint density at radius 3 is 2.43 bits per heavy atom. The predicted octanol–water partition coefficient (Wildman–Crippen LogP) is 2.77. The van der Waals surface area contributed by atoms with E-state index in [9.17, 15) is 0 Å². The monoisotopic (exact) mass is 211 g/mol. The van der Waals surface area contributed by atoms with Gasteiger partial charge in [0.05, 0.1) is 11.6 Å². The van der Waals surface area contributed by atoms with Crippen molar-refractivity contribution in [2.75, 3.05) is 0 Å². The molecule has 1 N–H and O–H groups in total. The third kappa shape index (κ3) is 3.31. The average Bonchev–Trinajstić information content (AvgIpc) is 2.01. The molecule has 2 nitrogen and oxygen atoms in total. The SMILES string of the molecule is Cc1nc(SC(C)(C)C)ccc1CO. The lowest BCUT2D eigenvalue weighted by Crippen LogP contribution is -2.07. The molecule has 0 atom stereocenters. The second kappa shape index (κ2) is 4.32. The van der Waals surface area contributed by atoms with Gasteiger partial charge in [-0.2, -0.15) is 0 Å². The first-order chi connectivity index (χ1) is 6.42. The van der Waals surface area contributed by atoms with Crippen LogP contribution < -0.4 is 0 Å². The molecule has 0 bridgehead atoms. The second-order valence-corrected chi connectivity index (χ2v) is 6.11. The van der Waals surface area contributed by atoms with Gasteiger partial charge in [0.2, 0.25) is 0 Å². The topological polar surface area (TPSA) is 33.1 Å². The predicted molar refractivity (Wildman–Crippen MR) is 60.5 cm³/mol. The summed E-state index contributed by atoms with van der Waals surface area (Å²) in [7, 11) is 0. The van der Waals surface area contributed by atoms with Crippen molar-refractivity contribution in [3.63, 3.8) is 0 Å². The van der Waals surface area contributed by atoms with Crippen LogP contribution in [-0.2, 0) is 6.61 Å². The number of pyridine rings is 1. The number of rotatable bonds is 2. The second-order valence-electron chi connectivity index (χ2n) is 4.27. The molecule has 0 aliphatic heterocycles. The summed E-state index contributed by atoms with van der Waals surface area (Å²) in [5, 5.41) is 10.0. The summed E-state index contributed by atoms with van der Waals surface area (Å²) in [6.07, 6.45) is 0. The molecule has 1 heterocycles. The minimum Gasteiger partial charge on any atom is -0.392 e. The minimum atomic E-state index is 0.0687. The number of aliphatic hydroxyl groups is 1. The minimum absolute atomic E-state index is 0.0687. The van der Waals surface area contributed by atoms with Crippen molar-refractivity contribution in [2.45, 2.75) is 44.1 Å². The molecule has 0 aliphatic carbocycles. The Labute approximate surface area is 89.8 Å². The Hall–Kier alpha value is -0.540. The van der Waals surface area contributed by atoms with Crippen LogP contribution in [0.1, 0.15) is 32.0 Å². The number of aliphatic hydroxyl groups excluding tert-OH is 1. The van der Waals surface area contributed by atoms with E-state index in [4.69, 9.17) is 5.11 Å². The zero-order valence-corrected chi connectivity index (χ0v) is 9.98. The van der Waals surface area contributed by atoms with E-state index < -0.39 is 0 Å². The highest BCUT2D eigenvalue weighted by molar-refractivity contribution is 8.00. The van der Waals surface area contributed by atoms with Crippen molar-refractivity contribution < 1.29 is 5.11 Å². The number of aromatic nitrogens is 1. The van der Waals surface area contributed by atoms with E-state index in [1.807, 2.05) is 19.1 Å². The Kier molecular flexibility index (Phi) is 3.56. The molecule has 14 heavy (non-hydrogen) atoms. The summed E-state index contributed by atoms with van der Waals surface area (Å²) in [6, 6.07) is 3.91. The van der Waals surface area contributed by atoms with E-state index >= 15 is 0 Å². The van der Waals surface area contributed by atoms with E-state index in [1.165, 1.54) is 0 Å². The Bertz CT molecular complexity index is 318. The largest absolute Gasteiger partial charge is 0.392 e. The van der Waals surface area contributed by atoms with Gasteiger partial charge in [0.15, 0.2) is 0 Å². The first-order valence-electron chi connectivity index (χ1n) is 4.69. The van der Waals surface area contributed by atoms with E-state index in [2.05, 4.69) is 25.8 Å². The van der Waals surface area contributed by atoms with Crippen LogP contribution in [0, 0.1) is 6.92 Å². The number of nitrogens with zero attached hydrogens (tertiary/aromatic N) is 1. The van der Waals surface area contributed by atoms with Gasteiger partial charge in [-0.3, -0.25) is 0 Å². The zero-order valence-electron chi connectivity index (χ0n) is 9.16. The van der Waals surface area contributed by atoms with Gasteiger partial charge in [0.25, 0.3) is 0 Å². The molecule has 1 rings (SSSR count). The smallest absolute Gasteiger partial charge is 0.0968 e. The maximum Gasteiger partial charge on any atom is 0.0968 e. The normalized spacial score (nSPS) is 11.8. The highest BCUT2D eigenvalue weighted by Gasteiger charge is 2.13. The van der Waals surface area contributed by atoms with Crippen molar-refractivity contribution in [3.05, 3.63) is 23.4 Å². The fraction of sp³-hybridized carbons (Fsp3) is 0.545. The molecule has 1 aromatic rings. The van der Waals surface area contributed by atoms with E-state index in [1.54, 1.807) is 11.8 Å². The fourth-order valence-electron chi connectivity index (χ4n) is 1.10. The van der Waals surface area contributed by atoms with E-state index in [0.29, 0.717) is 0 Å². The molecule has 0 aromatic carbocycles. The van der Waals surface area contributed by atoms with Crippen LogP contribution in [0.5, 0.6) is 0 Å². The van der Waals surface area contributed by atoms with Crippen LogP contribution in [0.3, 0.4) is 0 Å². The molecule has 0 saturated carbocycles. The summed E-state index contributed by atoms with van der Waals surface area (Å²) >= 11 is 1.74. The average molecular weight is 211 g/mol. The maximum absolute atomic E-state index is 9.00. The first-order valence-corrected chi connectivity index (χ1v) is 5.50. The number of thioether (sulfide) groups is 1. The summed E-state index contributed by atoms with van der Waals surface area (Å²) in [5.41, 5.74) is 1.82. The van der Waals surface area contributed by atoms with Gasteiger partial charge in [0.1, 0.15) is 0 Å². The number of hydrogen-bond donors (Lipinski definition) is 1. The lowest BCUT2D eigenvalue weighted by atomic mass is 10.2. The standard InChI is InChI=1S/C11H17NOS/c1-8-9(7-13)5-6-10(12-8)14-11(2,3)4/h5-6,13H,7H2,1-4H3. The molecule has 78 valence electrons. The molecule has 0 radical (unpaired) electrons. The molecule has 0 spiro atoms. The third-order valence-corrected chi connectivity index (χ3v) is 2.80. The molecule has 0 fully saturated rings. The van der Waals surface area contributed by atoms with Crippen LogP contribution in [0.15, 0.2) is 17.2 Å². The number of aryl methyl sites for hydroxylation is 1. The highest BCUT2D eigenvalue weighted by atomic mass is 32.2. The van der Waals surface area contributed by atoms with Crippen LogP contribution >= 0.6 is 11.8 Å². The van der Waals surface area contributed by atoms with Gasteiger partial charge in [-0.25, -0.2) is 4.98 Å². The van der Waals surface area contributed by atoms with Gasteiger partial charge < -0.3 is 5.11 Å². The lowest BCUT2D eigenvalue weighted by molar-refractivity contribution is 0.280. The van der Waals surface area contributed by atoms with Crippen molar-refractivity contribution in [1.29, 1.82) is 0 Å². The molecule has 0 aliphatic rings. The van der Waals surface area contributed by atoms with Gasteiger partial charge in [-0.05, 0) is 18.6 Å². The maximum atomic E-state index is 9.00. The van der Waals surface area contributed by atoms with Crippen molar-refractivity contribution in [3.8, 4) is 0 Å². The van der Waals surface area contributed by atoms with Gasteiger partial charge in [-0.15, -0.1) is 11.8 Å². The molecule has 0 unspecified atom stereocenters. The Morgan fingerprint density at radius 2 is 2.00 bits per heavy atom. The summed E-state index contributed by atoms with van der Waals surface area (Å²) < 4.78 is 0.181. The van der Waals surface area contributed by atoms with E-state index in [0.717, 1.165) is 16.3 Å². The molecule has 1 aromatic heterocycles. The third-order valence-electron chi connectivity index (χ3n) is 1.75. The Morgan fingerprint density at radius 1 is 1.36 bits per heavy atom. The molecule has 3 heteroatoms. The highest BCUT2D eigenvalue weighted by Crippen LogP contribution is 2.30. The molecule has 0 saturated heterocycles. The van der Waals surface area contributed by atoms with Crippen molar-refractivity contribution in [1.82, 2.24) is 4.98 Å². The Balaban J connectivity index is 2.87. The van der Waals surface area contributed by atoms with Crippen LogP contribution in [0.25, 0.3) is 0 Å². The van der Waals surface area contributed by atoms with E-state index in [-0.39, 0.29) is 11.4 Å².